The second-order valence-corrected chi connectivity index (χ2v) is 3.48. The van der Waals surface area contributed by atoms with E-state index < -0.39 is 11.7 Å². The molecule has 0 atom stereocenters. The average molecular weight is 258 g/mol. The van der Waals surface area contributed by atoms with Gasteiger partial charge in [0.15, 0.2) is 0 Å². The number of hydrogen-bond donors (Lipinski definition) is 1. The van der Waals surface area contributed by atoms with Gasteiger partial charge in [-0.1, -0.05) is 0 Å². The Balaban J connectivity index is 2.15. The van der Waals surface area contributed by atoms with Crippen LogP contribution in [-0.4, -0.2) is 4.98 Å². The van der Waals surface area contributed by atoms with Gasteiger partial charge in [0.25, 0.3) is 0 Å². The van der Waals surface area contributed by atoms with Gasteiger partial charge >= 0.3 is 6.18 Å². The van der Waals surface area contributed by atoms with E-state index >= 15 is 0 Å². The molecule has 2 rings (SSSR count). The Morgan fingerprint density at radius 1 is 1.33 bits per heavy atom. The van der Waals surface area contributed by atoms with E-state index in [2.05, 4.69) is 4.98 Å². The first kappa shape index (κ1) is 12.3. The van der Waals surface area contributed by atoms with Crippen molar-refractivity contribution in [2.24, 2.45) is 0 Å². The molecule has 0 saturated heterocycles. The van der Waals surface area contributed by atoms with E-state index in [1.54, 1.807) is 12.1 Å². The topological polar surface area (TPSA) is 61.3 Å². The molecule has 2 heterocycles. The number of pyridine rings is 1. The molecule has 0 unspecified atom stereocenters. The van der Waals surface area contributed by atoms with Gasteiger partial charge in [-0.25, -0.2) is 0 Å². The number of ether oxygens (including phenoxy) is 1. The molecule has 2 aromatic rings. The van der Waals surface area contributed by atoms with Gasteiger partial charge in [-0.15, -0.1) is 0 Å². The first-order valence-electron chi connectivity index (χ1n) is 4.95. The number of hydrogen-bond acceptors (Lipinski definition) is 4. The molecule has 18 heavy (non-hydrogen) atoms. The van der Waals surface area contributed by atoms with Crippen molar-refractivity contribution in [2.45, 2.75) is 12.8 Å². The highest BCUT2D eigenvalue weighted by molar-refractivity contribution is 5.38. The third-order valence-electron chi connectivity index (χ3n) is 2.09. The maximum absolute atomic E-state index is 12.5. The van der Waals surface area contributed by atoms with Gasteiger partial charge in [-0.2, -0.15) is 18.2 Å². The van der Waals surface area contributed by atoms with Crippen molar-refractivity contribution in [1.82, 2.24) is 4.98 Å². The second-order valence-electron chi connectivity index (χ2n) is 3.48. The summed E-state index contributed by atoms with van der Waals surface area (Å²) in [5.74, 6) is 0.0331. The third kappa shape index (κ3) is 2.93. The summed E-state index contributed by atoms with van der Waals surface area (Å²) < 4.78 is 47.6. The van der Waals surface area contributed by atoms with Crippen LogP contribution in [-0.2, 0) is 12.8 Å². The van der Waals surface area contributed by atoms with Crippen LogP contribution in [0.1, 0.15) is 11.3 Å². The lowest BCUT2D eigenvalue weighted by atomic mass is 10.2. The van der Waals surface area contributed by atoms with Crippen molar-refractivity contribution in [1.29, 1.82) is 0 Å². The number of aromatic nitrogens is 1. The van der Waals surface area contributed by atoms with E-state index in [0.717, 1.165) is 12.1 Å². The first-order valence-corrected chi connectivity index (χ1v) is 4.95. The summed E-state index contributed by atoms with van der Waals surface area (Å²) in [5.41, 5.74) is 4.39. The van der Waals surface area contributed by atoms with Crippen molar-refractivity contribution in [3.63, 3.8) is 0 Å². The van der Waals surface area contributed by atoms with Crippen LogP contribution in [0, 0.1) is 0 Å². The lowest BCUT2D eigenvalue weighted by Crippen LogP contribution is -2.08. The Bertz CT molecular complexity index is 524. The van der Waals surface area contributed by atoms with Gasteiger partial charge in [-0.05, 0) is 18.2 Å². The van der Waals surface area contributed by atoms with E-state index in [9.17, 15) is 13.2 Å². The Hall–Kier alpha value is -2.18. The molecule has 0 spiro atoms. The molecule has 0 aliphatic heterocycles. The van der Waals surface area contributed by atoms with Crippen molar-refractivity contribution in [3.8, 4) is 5.88 Å². The van der Waals surface area contributed by atoms with Gasteiger partial charge in [0.1, 0.15) is 18.2 Å². The molecule has 2 aromatic heterocycles. The van der Waals surface area contributed by atoms with Gasteiger partial charge < -0.3 is 14.9 Å². The number of nitrogens with two attached hydrogens (primary N) is 1. The maximum Gasteiger partial charge on any atom is 0.416 e. The number of anilines is 1. The zero-order valence-electron chi connectivity index (χ0n) is 9.07. The summed E-state index contributed by atoms with van der Waals surface area (Å²) in [7, 11) is 0. The van der Waals surface area contributed by atoms with Gasteiger partial charge in [-0.3, -0.25) is 0 Å². The van der Waals surface area contributed by atoms with Gasteiger partial charge in [0.2, 0.25) is 5.88 Å². The largest absolute Gasteiger partial charge is 0.469 e. The molecule has 0 aliphatic carbocycles. The quantitative estimate of drug-likeness (QED) is 0.919. The molecule has 0 amide bonds. The molecule has 0 fully saturated rings. The molecule has 4 nitrogen and oxygen atoms in total. The smallest absolute Gasteiger partial charge is 0.416 e. The Morgan fingerprint density at radius 2 is 2.11 bits per heavy atom. The van der Waals surface area contributed by atoms with Crippen molar-refractivity contribution >= 4 is 5.82 Å². The van der Waals surface area contributed by atoms with Crippen molar-refractivity contribution < 1.29 is 22.3 Å². The SMILES string of the molecule is Nc1cc(C(F)(F)F)cc(OCc2ccco2)n1. The average Bonchev–Trinajstić information content (AvgIpc) is 2.77. The van der Waals surface area contributed by atoms with Crippen LogP contribution >= 0.6 is 0 Å². The number of rotatable bonds is 3. The molecule has 0 bridgehead atoms. The Morgan fingerprint density at radius 3 is 2.72 bits per heavy atom. The van der Waals surface area contributed by atoms with E-state index in [4.69, 9.17) is 14.9 Å². The Kier molecular flexibility index (Phi) is 3.14. The summed E-state index contributed by atoms with van der Waals surface area (Å²) in [6.45, 7) is -0.0131. The standard InChI is InChI=1S/C11H9F3N2O2/c12-11(13,14)7-4-9(15)16-10(5-7)18-6-8-2-1-3-17-8/h1-5H,6H2,(H2,15,16). The predicted octanol–water partition coefficient (Wildman–Crippen LogP) is 2.85. The minimum absolute atomic E-state index is 0.0131. The maximum atomic E-state index is 12.5. The summed E-state index contributed by atoms with van der Waals surface area (Å²) in [4.78, 5) is 3.66. The fourth-order valence-corrected chi connectivity index (χ4v) is 1.30. The minimum Gasteiger partial charge on any atom is -0.469 e. The lowest BCUT2D eigenvalue weighted by Gasteiger charge is -2.10. The minimum atomic E-state index is -4.49. The summed E-state index contributed by atoms with van der Waals surface area (Å²) in [6.07, 6.45) is -3.05. The van der Waals surface area contributed by atoms with Crippen molar-refractivity contribution in [3.05, 3.63) is 41.9 Å². The number of nitrogen functional groups attached to an aromatic ring is 1. The van der Waals surface area contributed by atoms with Crippen LogP contribution in [0.2, 0.25) is 0 Å². The summed E-state index contributed by atoms with van der Waals surface area (Å²) in [5, 5.41) is 0. The molecule has 0 radical (unpaired) electrons. The normalized spacial score (nSPS) is 11.5. The van der Waals surface area contributed by atoms with Crippen LogP contribution in [0.25, 0.3) is 0 Å². The molecule has 2 N–H and O–H groups in total. The molecule has 0 aliphatic rings. The fraction of sp³-hybridized carbons (Fsp3) is 0.182. The van der Waals surface area contributed by atoms with Crippen LogP contribution < -0.4 is 10.5 Å². The van der Waals surface area contributed by atoms with Crippen LogP contribution in [0.3, 0.4) is 0 Å². The lowest BCUT2D eigenvalue weighted by molar-refractivity contribution is -0.137. The number of nitrogens with zero attached hydrogens (tertiary/aromatic N) is 1. The molecule has 0 aromatic carbocycles. The Labute approximate surface area is 100 Å². The van der Waals surface area contributed by atoms with Crippen LogP contribution in [0.4, 0.5) is 19.0 Å². The molecular weight excluding hydrogens is 249 g/mol. The van der Waals surface area contributed by atoms with E-state index in [-0.39, 0.29) is 18.3 Å². The molecule has 96 valence electrons. The van der Waals surface area contributed by atoms with E-state index in [1.807, 2.05) is 0 Å². The van der Waals surface area contributed by atoms with Crippen LogP contribution in [0.5, 0.6) is 5.88 Å². The molecular formula is C11H9F3N2O2. The first-order chi connectivity index (χ1) is 8.45. The zero-order chi connectivity index (χ0) is 13.2. The van der Waals surface area contributed by atoms with E-state index in [0.29, 0.717) is 5.76 Å². The highest BCUT2D eigenvalue weighted by Crippen LogP contribution is 2.32. The number of alkyl halides is 3. The van der Waals surface area contributed by atoms with Crippen LogP contribution in [0.15, 0.2) is 34.9 Å². The van der Waals surface area contributed by atoms with Crippen molar-refractivity contribution in [2.75, 3.05) is 5.73 Å². The third-order valence-corrected chi connectivity index (χ3v) is 2.09. The summed E-state index contributed by atoms with van der Waals surface area (Å²) in [6, 6.07) is 4.82. The highest BCUT2D eigenvalue weighted by atomic mass is 19.4. The van der Waals surface area contributed by atoms with E-state index in [1.165, 1.54) is 6.26 Å². The highest BCUT2D eigenvalue weighted by Gasteiger charge is 2.31. The number of furan rings is 1. The van der Waals surface area contributed by atoms with Gasteiger partial charge in [0.05, 0.1) is 11.8 Å². The fourth-order valence-electron chi connectivity index (χ4n) is 1.30. The van der Waals surface area contributed by atoms with Gasteiger partial charge in [0, 0.05) is 6.07 Å². The monoisotopic (exact) mass is 258 g/mol. The predicted molar refractivity (Wildman–Crippen MR) is 56.7 cm³/mol. The zero-order valence-corrected chi connectivity index (χ0v) is 9.07. The summed E-state index contributed by atoms with van der Waals surface area (Å²) >= 11 is 0. The molecule has 0 saturated carbocycles. The second kappa shape index (κ2) is 4.59. The number of halogens is 3. The molecule has 7 heteroatoms.